The highest BCUT2D eigenvalue weighted by molar-refractivity contribution is 5.96. The van der Waals surface area contributed by atoms with Gasteiger partial charge in [-0.25, -0.2) is 0 Å². The van der Waals surface area contributed by atoms with Gasteiger partial charge in [-0.1, -0.05) is 37.2 Å². The Morgan fingerprint density at radius 3 is 2.93 bits per heavy atom. The third-order valence-corrected chi connectivity index (χ3v) is 5.58. The average Bonchev–Trinajstić information content (AvgIpc) is 3.46. The van der Waals surface area contributed by atoms with Crippen LogP contribution in [0.5, 0.6) is 0 Å². The monoisotopic (exact) mass is 386 g/mol. The van der Waals surface area contributed by atoms with Crippen LogP contribution in [0.2, 0.25) is 0 Å². The van der Waals surface area contributed by atoms with E-state index in [9.17, 15) is 4.79 Å². The number of H-pyrrole nitrogens is 1. The van der Waals surface area contributed by atoms with E-state index in [0.717, 1.165) is 22.2 Å². The van der Waals surface area contributed by atoms with Crippen LogP contribution in [-0.4, -0.2) is 27.6 Å². The molecular formula is C23H22N4O2. The molecule has 1 N–H and O–H groups in total. The normalized spacial score (nSPS) is 17.0. The lowest BCUT2D eigenvalue weighted by atomic mass is 10.0. The number of hydrogen-bond acceptors (Lipinski definition) is 4. The van der Waals surface area contributed by atoms with Crippen molar-refractivity contribution >= 4 is 22.5 Å². The number of benzene rings is 2. The maximum Gasteiger partial charge on any atom is 0.258 e. The molecule has 1 atom stereocenters. The summed E-state index contributed by atoms with van der Waals surface area (Å²) in [6.45, 7) is 4.87. The Morgan fingerprint density at radius 2 is 2.07 bits per heavy atom. The fourth-order valence-corrected chi connectivity index (χ4v) is 3.88. The maximum absolute atomic E-state index is 12.7. The Bertz CT molecular complexity index is 1190. The molecule has 0 saturated carbocycles. The molecule has 0 aliphatic carbocycles. The molecule has 0 bridgehead atoms. The molecular weight excluding hydrogens is 364 g/mol. The van der Waals surface area contributed by atoms with E-state index in [2.05, 4.69) is 41.1 Å². The van der Waals surface area contributed by atoms with Crippen LogP contribution >= 0.6 is 0 Å². The van der Waals surface area contributed by atoms with E-state index in [0.29, 0.717) is 30.6 Å². The minimum absolute atomic E-state index is 0.0723. The molecule has 5 rings (SSSR count). The molecule has 1 unspecified atom stereocenters. The first-order valence-electron chi connectivity index (χ1n) is 9.90. The largest absolute Gasteiger partial charge is 0.361 e. The van der Waals surface area contributed by atoms with E-state index >= 15 is 0 Å². The van der Waals surface area contributed by atoms with Gasteiger partial charge in [0, 0.05) is 41.8 Å². The third-order valence-electron chi connectivity index (χ3n) is 5.58. The van der Waals surface area contributed by atoms with Crippen molar-refractivity contribution in [1.29, 1.82) is 0 Å². The van der Waals surface area contributed by atoms with Crippen LogP contribution in [0, 0.1) is 0 Å². The SMILES string of the molecule is CC(C)c1cccc(N2CC(c3noc(-c4ccc5cc[nH]c5c4)n3)CC2=O)c1. The zero-order valence-corrected chi connectivity index (χ0v) is 16.4. The van der Waals surface area contributed by atoms with E-state index in [4.69, 9.17) is 4.52 Å². The lowest BCUT2D eigenvalue weighted by molar-refractivity contribution is -0.117. The molecule has 1 aliphatic heterocycles. The highest BCUT2D eigenvalue weighted by Crippen LogP contribution is 2.33. The van der Waals surface area contributed by atoms with Crippen LogP contribution in [-0.2, 0) is 4.79 Å². The second-order valence-electron chi connectivity index (χ2n) is 7.89. The molecule has 1 saturated heterocycles. The van der Waals surface area contributed by atoms with Crippen molar-refractivity contribution < 1.29 is 9.32 Å². The summed E-state index contributed by atoms with van der Waals surface area (Å²) in [5.74, 6) is 1.50. The highest BCUT2D eigenvalue weighted by Gasteiger charge is 2.34. The summed E-state index contributed by atoms with van der Waals surface area (Å²) in [5, 5.41) is 5.31. The van der Waals surface area contributed by atoms with Gasteiger partial charge < -0.3 is 14.4 Å². The van der Waals surface area contributed by atoms with Gasteiger partial charge in [-0.05, 0) is 47.2 Å². The Balaban J connectivity index is 1.38. The maximum atomic E-state index is 12.7. The van der Waals surface area contributed by atoms with Crippen molar-refractivity contribution in [2.75, 3.05) is 11.4 Å². The van der Waals surface area contributed by atoms with Crippen molar-refractivity contribution in [2.45, 2.75) is 32.1 Å². The van der Waals surface area contributed by atoms with Crippen LogP contribution in [0.1, 0.15) is 43.5 Å². The molecule has 0 spiro atoms. The fraction of sp³-hybridized carbons (Fsp3) is 0.261. The van der Waals surface area contributed by atoms with Crippen LogP contribution < -0.4 is 4.90 Å². The van der Waals surface area contributed by atoms with Gasteiger partial charge in [0.25, 0.3) is 5.89 Å². The summed E-state index contributed by atoms with van der Waals surface area (Å²) in [4.78, 5) is 22.3. The number of aromatic nitrogens is 3. The average molecular weight is 386 g/mol. The molecule has 6 heteroatoms. The number of aromatic amines is 1. The number of hydrogen-bond donors (Lipinski definition) is 1. The number of amides is 1. The second kappa shape index (κ2) is 6.88. The highest BCUT2D eigenvalue weighted by atomic mass is 16.5. The van der Waals surface area contributed by atoms with Gasteiger partial charge >= 0.3 is 0 Å². The van der Waals surface area contributed by atoms with Crippen molar-refractivity contribution in [1.82, 2.24) is 15.1 Å². The minimum atomic E-state index is -0.0723. The Kier molecular flexibility index (Phi) is 4.19. The lowest BCUT2D eigenvalue weighted by Crippen LogP contribution is -2.24. The summed E-state index contributed by atoms with van der Waals surface area (Å²) < 4.78 is 5.51. The van der Waals surface area contributed by atoms with Crippen molar-refractivity contribution in [3.63, 3.8) is 0 Å². The minimum Gasteiger partial charge on any atom is -0.361 e. The first-order valence-corrected chi connectivity index (χ1v) is 9.90. The second-order valence-corrected chi connectivity index (χ2v) is 7.89. The molecule has 2 aromatic heterocycles. The quantitative estimate of drug-likeness (QED) is 0.543. The third kappa shape index (κ3) is 3.20. The van der Waals surface area contributed by atoms with E-state index in [1.165, 1.54) is 5.56 Å². The summed E-state index contributed by atoms with van der Waals surface area (Å²) in [6.07, 6.45) is 2.29. The number of fused-ring (bicyclic) bond motifs is 1. The number of carbonyl (C=O) groups is 1. The number of nitrogens with zero attached hydrogens (tertiary/aromatic N) is 3. The number of anilines is 1. The van der Waals surface area contributed by atoms with Crippen molar-refractivity contribution in [2.24, 2.45) is 0 Å². The van der Waals surface area contributed by atoms with Gasteiger partial charge in [0.2, 0.25) is 5.91 Å². The molecule has 6 nitrogen and oxygen atoms in total. The molecule has 146 valence electrons. The molecule has 1 aliphatic rings. The molecule has 0 radical (unpaired) electrons. The molecule has 2 aromatic carbocycles. The molecule has 29 heavy (non-hydrogen) atoms. The number of carbonyl (C=O) groups excluding carboxylic acids is 1. The first kappa shape index (κ1) is 17.7. The molecule has 4 aromatic rings. The van der Waals surface area contributed by atoms with E-state index < -0.39 is 0 Å². The summed E-state index contributed by atoms with van der Waals surface area (Å²) in [6, 6.07) is 16.2. The van der Waals surface area contributed by atoms with E-state index in [-0.39, 0.29) is 11.8 Å². The molecule has 1 amide bonds. The smallest absolute Gasteiger partial charge is 0.258 e. The molecule has 3 heterocycles. The molecule has 1 fully saturated rings. The standard InChI is InChI=1S/C23H22N4O2/c1-14(2)16-4-3-5-19(10-16)27-13-18(12-21(27)28)22-25-23(29-26-22)17-7-6-15-8-9-24-20(15)11-17/h3-11,14,18,24H,12-13H2,1-2H3. The topological polar surface area (TPSA) is 75.0 Å². The van der Waals surface area contributed by atoms with Crippen LogP contribution in [0.3, 0.4) is 0 Å². The van der Waals surface area contributed by atoms with Crippen molar-refractivity contribution in [3.8, 4) is 11.5 Å². The number of nitrogens with one attached hydrogen (secondary N) is 1. The zero-order valence-electron chi connectivity index (χ0n) is 16.4. The van der Waals surface area contributed by atoms with Gasteiger partial charge in [-0.15, -0.1) is 0 Å². The van der Waals surface area contributed by atoms with E-state index in [1.807, 2.05) is 47.5 Å². The Morgan fingerprint density at radius 1 is 1.17 bits per heavy atom. The van der Waals surface area contributed by atoms with Gasteiger partial charge in [-0.3, -0.25) is 4.79 Å². The Labute approximate surface area is 168 Å². The predicted molar refractivity (Wildman–Crippen MR) is 112 cm³/mol. The van der Waals surface area contributed by atoms with Crippen LogP contribution in [0.25, 0.3) is 22.4 Å². The summed E-state index contributed by atoms with van der Waals surface area (Å²) in [5.41, 5.74) is 4.05. The number of rotatable bonds is 4. The first-order chi connectivity index (χ1) is 14.1. The van der Waals surface area contributed by atoms with E-state index in [1.54, 1.807) is 0 Å². The van der Waals surface area contributed by atoms with Gasteiger partial charge in [0.15, 0.2) is 5.82 Å². The summed E-state index contributed by atoms with van der Waals surface area (Å²) in [7, 11) is 0. The van der Waals surface area contributed by atoms with Gasteiger partial charge in [0.1, 0.15) is 0 Å². The lowest BCUT2D eigenvalue weighted by Gasteiger charge is -2.18. The van der Waals surface area contributed by atoms with Crippen LogP contribution in [0.15, 0.2) is 59.3 Å². The predicted octanol–water partition coefficient (Wildman–Crippen LogP) is 4.86. The fourth-order valence-electron chi connectivity index (χ4n) is 3.88. The zero-order chi connectivity index (χ0) is 20.0. The summed E-state index contributed by atoms with van der Waals surface area (Å²) >= 11 is 0. The van der Waals surface area contributed by atoms with Gasteiger partial charge in [-0.2, -0.15) is 4.98 Å². The van der Waals surface area contributed by atoms with Crippen molar-refractivity contribution in [3.05, 3.63) is 66.1 Å². The van der Waals surface area contributed by atoms with Gasteiger partial charge in [0.05, 0.1) is 0 Å². The Hall–Kier alpha value is -3.41. The van der Waals surface area contributed by atoms with Crippen LogP contribution in [0.4, 0.5) is 5.69 Å².